The van der Waals surface area contributed by atoms with E-state index in [1.54, 1.807) is 60.7 Å². The number of nitrogens with one attached hydrogen (secondary N) is 2. The van der Waals surface area contributed by atoms with E-state index in [0.29, 0.717) is 33.5 Å². The Balaban J connectivity index is 1.29. The van der Waals surface area contributed by atoms with Gasteiger partial charge >= 0.3 is 0 Å². The first-order valence-electron chi connectivity index (χ1n) is 11.0. The Bertz CT molecular complexity index is 1540. The van der Waals surface area contributed by atoms with Gasteiger partial charge in [0.2, 0.25) is 11.8 Å². The first-order valence-corrected chi connectivity index (χ1v) is 11.0. The van der Waals surface area contributed by atoms with Crippen molar-refractivity contribution in [1.29, 1.82) is 0 Å². The molecule has 4 aromatic rings. The predicted octanol–water partition coefficient (Wildman–Crippen LogP) is 2.94. The third kappa shape index (κ3) is 4.26. The standard InChI is InChI=1S/C26H21N5O4/c1-16-5-4-6-19-24(16)27-15-30(26(19)35)13-22(32)28-18-11-9-17(10-12-18)25(34)31-14-23(33)29-20-7-2-3-8-21(20)31/h2-12,15H,13-14H2,1H3,(H,28,32)(H,29,33). The SMILES string of the molecule is Cc1cccc2c(=O)n(CC(=O)Nc3ccc(C(=O)N4CC(=O)Nc5ccccc54)cc3)cnc12. The summed E-state index contributed by atoms with van der Waals surface area (Å²) in [6, 6.07) is 18.8. The Morgan fingerprint density at radius 3 is 2.57 bits per heavy atom. The van der Waals surface area contributed by atoms with Gasteiger partial charge < -0.3 is 10.6 Å². The molecule has 1 aliphatic rings. The van der Waals surface area contributed by atoms with Crippen LogP contribution in [0.1, 0.15) is 15.9 Å². The molecule has 0 saturated heterocycles. The lowest BCUT2D eigenvalue weighted by Crippen LogP contribution is -2.42. The van der Waals surface area contributed by atoms with E-state index in [1.165, 1.54) is 15.8 Å². The summed E-state index contributed by atoms with van der Waals surface area (Å²) in [7, 11) is 0. The van der Waals surface area contributed by atoms with Crippen LogP contribution in [0.15, 0.2) is 77.9 Å². The molecule has 0 fully saturated rings. The van der Waals surface area contributed by atoms with Gasteiger partial charge in [-0.05, 0) is 55.0 Å². The number of rotatable bonds is 4. The molecule has 5 rings (SSSR count). The van der Waals surface area contributed by atoms with Gasteiger partial charge in [-0.1, -0.05) is 24.3 Å². The molecule has 0 atom stereocenters. The van der Waals surface area contributed by atoms with Gasteiger partial charge in [0.15, 0.2) is 0 Å². The highest BCUT2D eigenvalue weighted by molar-refractivity contribution is 6.15. The fourth-order valence-corrected chi connectivity index (χ4v) is 4.07. The molecular weight excluding hydrogens is 446 g/mol. The maximum atomic E-state index is 13.1. The summed E-state index contributed by atoms with van der Waals surface area (Å²) in [5.74, 6) is -0.995. The van der Waals surface area contributed by atoms with E-state index in [9.17, 15) is 19.2 Å². The van der Waals surface area contributed by atoms with Gasteiger partial charge in [0.1, 0.15) is 13.1 Å². The van der Waals surface area contributed by atoms with Crippen LogP contribution in [0.5, 0.6) is 0 Å². The lowest BCUT2D eigenvalue weighted by molar-refractivity contribution is -0.117. The van der Waals surface area contributed by atoms with Crippen molar-refractivity contribution in [2.45, 2.75) is 13.5 Å². The van der Waals surface area contributed by atoms with Gasteiger partial charge in [0, 0.05) is 11.3 Å². The second-order valence-electron chi connectivity index (χ2n) is 8.23. The van der Waals surface area contributed by atoms with Crippen molar-refractivity contribution in [3.8, 4) is 0 Å². The second kappa shape index (κ2) is 8.86. The molecular formula is C26H21N5O4. The minimum Gasteiger partial charge on any atom is -0.325 e. The summed E-state index contributed by atoms with van der Waals surface area (Å²) < 4.78 is 1.26. The van der Waals surface area contributed by atoms with Crippen LogP contribution in [0.3, 0.4) is 0 Å². The summed E-state index contributed by atoms with van der Waals surface area (Å²) >= 11 is 0. The zero-order chi connectivity index (χ0) is 24.5. The Kier molecular flexibility index (Phi) is 5.58. The van der Waals surface area contributed by atoms with Crippen molar-refractivity contribution in [2.75, 3.05) is 22.1 Å². The van der Waals surface area contributed by atoms with Crippen molar-refractivity contribution in [1.82, 2.24) is 9.55 Å². The minimum absolute atomic E-state index is 0.0809. The number of benzene rings is 3. The first-order chi connectivity index (χ1) is 16.9. The Morgan fingerprint density at radius 1 is 1.00 bits per heavy atom. The van der Waals surface area contributed by atoms with Crippen LogP contribution in [0, 0.1) is 6.92 Å². The molecule has 0 spiro atoms. The Hall–Kier alpha value is -4.79. The molecule has 0 saturated carbocycles. The largest absolute Gasteiger partial charge is 0.325 e. The molecule has 35 heavy (non-hydrogen) atoms. The van der Waals surface area contributed by atoms with Gasteiger partial charge in [-0.25, -0.2) is 4.98 Å². The van der Waals surface area contributed by atoms with E-state index in [4.69, 9.17) is 0 Å². The van der Waals surface area contributed by atoms with Crippen LogP contribution in [0.25, 0.3) is 10.9 Å². The van der Waals surface area contributed by atoms with Gasteiger partial charge in [-0.2, -0.15) is 0 Å². The highest BCUT2D eigenvalue weighted by Gasteiger charge is 2.27. The van der Waals surface area contributed by atoms with Crippen LogP contribution in [-0.4, -0.2) is 33.8 Å². The number of hydrogen-bond donors (Lipinski definition) is 2. The lowest BCUT2D eigenvalue weighted by atomic mass is 10.1. The van der Waals surface area contributed by atoms with Gasteiger partial charge in [-0.15, -0.1) is 0 Å². The molecule has 2 N–H and O–H groups in total. The molecule has 0 bridgehead atoms. The van der Waals surface area contributed by atoms with E-state index in [-0.39, 0.29) is 30.5 Å². The topological polar surface area (TPSA) is 113 Å². The zero-order valence-corrected chi connectivity index (χ0v) is 18.8. The number of hydrogen-bond acceptors (Lipinski definition) is 5. The fourth-order valence-electron chi connectivity index (χ4n) is 4.07. The molecule has 3 amide bonds. The third-order valence-electron chi connectivity index (χ3n) is 5.80. The monoisotopic (exact) mass is 467 g/mol. The number of fused-ring (bicyclic) bond motifs is 2. The number of para-hydroxylation sites is 3. The van der Waals surface area contributed by atoms with E-state index >= 15 is 0 Å². The molecule has 0 aliphatic carbocycles. The number of aromatic nitrogens is 2. The third-order valence-corrected chi connectivity index (χ3v) is 5.80. The van der Waals surface area contributed by atoms with Crippen LogP contribution < -0.4 is 21.1 Å². The Labute approximate surface area is 200 Å². The zero-order valence-electron chi connectivity index (χ0n) is 18.8. The van der Waals surface area contributed by atoms with E-state index < -0.39 is 5.91 Å². The first kappa shape index (κ1) is 22.0. The van der Waals surface area contributed by atoms with Crippen molar-refractivity contribution in [3.63, 3.8) is 0 Å². The smallest absolute Gasteiger partial charge is 0.261 e. The number of carbonyl (C=O) groups is 3. The molecule has 3 aromatic carbocycles. The van der Waals surface area contributed by atoms with Crippen molar-refractivity contribution in [2.24, 2.45) is 0 Å². The van der Waals surface area contributed by atoms with Crippen molar-refractivity contribution < 1.29 is 14.4 Å². The number of amides is 3. The number of carbonyl (C=O) groups excluding carboxylic acids is 3. The van der Waals surface area contributed by atoms with Gasteiger partial charge in [0.05, 0.1) is 28.6 Å². The molecule has 9 nitrogen and oxygen atoms in total. The summed E-state index contributed by atoms with van der Waals surface area (Å²) in [6.07, 6.45) is 1.37. The second-order valence-corrected chi connectivity index (χ2v) is 8.23. The van der Waals surface area contributed by atoms with Crippen molar-refractivity contribution in [3.05, 3.63) is 94.5 Å². The summed E-state index contributed by atoms with van der Waals surface area (Å²) in [6.45, 7) is 1.59. The predicted molar refractivity (Wildman–Crippen MR) is 133 cm³/mol. The molecule has 2 heterocycles. The van der Waals surface area contributed by atoms with Crippen LogP contribution >= 0.6 is 0 Å². The minimum atomic E-state index is -0.401. The molecule has 174 valence electrons. The van der Waals surface area contributed by atoms with Crippen LogP contribution in [-0.2, 0) is 16.1 Å². The summed E-state index contributed by atoms with van der Waals surface area (Å²) in [5, 5.41) is 5.94. The van der Waals surface area contributed by atoms with Crippen molar-refractivity contribution >= 4 is 45.7 Å². The fraction of sp³-hybridized carbons (Fsp3) is 0.115. The quantitative estimate of drug-likeness (QED) is 0.479. The van der Waals surface area contributed by atoms with E-state index in [2.05, 4.69) is 15.6 Å². The maximum absolute atomic E-state index is 13.1. The summed E-state index contributed by atoms with van der Waals surface area (Å²) in [4.78, 5) is 56.1. The average Bonchev–Trinajstić information content (AvgIpc) is 2.85. The normalized spacial score (nSPS) is 12.7. The highest BCUT2D eigenvalue weighted by atomic mass is 16.2. The maximum Gasteiger partial charge on any atom is 0.261 e. The number of anilines is 3. The number of aryl methyl sites for hydroxylation is 1. The number of nitrogens with zero attached hydrogens (tertiary/aromatic N) is 3. The highest BCUT2D eigenvalue weighted by Crippen LogP contribution is 2.30. The Morgan fingerprint density at radius 2 is 1.77 bits per heavy atom. The molecule has 1 aromatic heterocycles. The van der Waals surface area contributed by atoms with Crippen LogP contribution in [0.4, 0.5) is 17.1 Å². The molecule has 0 unspecified atom stereocenters. The van der Waals surface area contributed by atoms with E-state index in [0.717, 1.165) is 5.56 Å². The molecule has 1 aliphatic heterocycles. The average molecular weight is 467 g/mol. The lowest BCUT2D eigenvalue weighted by Gasteiger charge is -2.29. The van der Waals surface area contributed by atoms with Gasteiger partial charge in [-0.3, -0.25) is 28.6 Å². The summed E-state index contributed by atoms with van der Waals surface area (Å²) in [5.41, 5.74) is 3.26. The van der Waals surface area contributed by atoms with Crippen LogP contribution in [0.2, 0.25) is 0 Å². The van der Waals surface area contributed by atoms with Gasteiger partial charge in [0.25, 0.3) is 11.5 Å². The molecule has 0 radical (unpaired) electrons. The molecule has 9 heteroatoms. The van der Waals surface area contributed by atoms with E-state index in [1.807, 2.05) is 13.0 Å².